The van der Waals surface area contributed by atoms with Gasteiger partial charge in [-0.2, -0.15) is 8.42 Å². The van der Waals surface area contributed by atoms with E-state index >= 15 is 0 Å². The molecular formula is C30H33N3O6S. The van der Waals surface area contributed by atoms with Gasteiger partial charge >= 0.3 is 0 Å². The van der Waals surface area contributed by atoms with E-state index in [1.54, 1.807) is 25.3 Å². The molecule has 1 N–H and O–H groups in total. The summed E-state index contributed by atoms with van der Waals surface area (Å²) in [5.41, 5.74) is 3.37. The van der Waals surface area contributed by atoms with E-state index in [2.05, 4.69) is 10.3 Å². The molecule has 1 aliphatic rings. The normalized spacial score (nSPS) is 16.4. The average Bonchev–Trinajstić information content (AvgIpc) is 2.97. The molecule has 2 aromatic heterocycles. The van der Waals surface area contributed by atoms with E-state index in [-0.39, 0.29) is 17.8 Å². The van der Waals surface area contributed by atoms with Crippen LogP contribution < -0.4 is 14.8 Å². The van der Waals surface area contributed by atoms with Gasteiger partial charge in [0, 0.05) is 36.7 Å². The molecule has 0 amide bonds. The molecule has 9 nitrogen and oxygen atoms in total. The Labute approximate surface area is 234 Å². The first-order valence-corrected chi connectivity index (χ1v) is 14.7. The number of ether oxygens (including phenoxy) is 3. The smallest absolute Gasteiger partial charge is 0.297 e. The van der Waals surface area contributed by atoms with Crippen LogP contribution in [0.4, 0.5) is 5.82 Å². The van der Waals surface area contributed by atoms with E-state index < -0.39 is 16.2 Å². The highest BCUT2D eigenvalue weighted by Gasteiger charge is 2.23. The van der Waals surface area contributed by atoms with Crippen molar-refractivity contribution in [2.45, 2.75) is 50.4 Å². The monoisotopic (exact) mass is 563 g/mol. The fourth-order valence-electron chi connectivity index (χ4n) is 4.37. The maximum atomic E-state index is 13.0. The van der Waals surface area contributed by atoms with E-state index in [0.29, 0.717) is 18.1 Å². The first-order chi connectivity index (χ1) is 19.3. The molecule has 0 spiro atoms. The van der Waals surface area contributed by atoms with Crippen LogP contribution >= 0.6 is 0 Å². The second-order valence-corrected chi connectivity index (χ2v) is 11.3. The summed E-state index contributed by atoms with van der Waals surface area (Å²) < 4.78 is 48.8. The SMILES string of the molecule is CNc1ccc(-c2ccc3cc(OCC(C)OS(=O)(=O)c4ccc(C)c(OC5CCCCO5)c4)ccc3n2)cn1. The summed E-state index contributed by atoms with van der Waals surface area (Å²) in [5.74, 6) is 1.85. The van der Waals surface area contributed by atoms with Gasteiger partial charge in [0.05, 0.1) is 22.7 Å². The molecule has 1 saturated heterocycles. The molecule has 2 aromatic carbocycles. The van der Waals surface area contributed by atoms with Crippen molar-refractivity contribution < 1.29 is 26.8 Å². The van der Waals surface area contributed by atoms with Crippen molar-refractivity contribution in [3.63, 3.8) is 0 Å². The van der Waals surface area contributed by atoms with Gasteiger partial charge in [-0.25, -0.2) is 9.97 Å². The summed E-state index contributed by atoms with van der Waals surface area (Å²) in [4.78, 5) is 9.11. The predicted molar refractivity (Wildman–Crippen MR) is 153 cm³/mol. The second kappa shape index (κ2) is 12.2. The molecule has 0 saturated carbocycles. The zero-order valence-corrected chi connectivity index (χ0v) is 23.6. The number of anilines is 1. The lowest BCUT2D eigenvalue weighted by atomic mass is 10.1. The summed E-state index contributed by atoms with van der Waals surface area (Å²) in [6.07, 6.45) is 3.48. The van der Waals surface area contributed by atoms with Crippen LogP contribution in [0.1, 0.15) is 31.7 Å². The van der Waals surface area contributed by atoms with Gasteiger partial charge in [0.15, 0.2) is 6.29 Å². The Morgan fingerprint density at radius 2 is 1.95 bits per heavy atom. The van der Waals surface area contributed by atoms with E-state index in [1.807, 2.05) is 50.4 Å². The van der Waals surface area contributed by atoms with Crippen molar-refractivity contribution in [1.82, 2.24) is 9.97 Å². The molecule has 2 atom stereocenters. The van der Waals surface area contributed by atoms with Crippen molar-refractivity contribution in [2.75, 3.05) is 25.6 Å². The lowest BCUT2D eigenvalue weighted by Gasteiger charge is -2.24. The van der Waals surface area contributed by atoms with Crippen LogP contribution in [0.2, 0.25) is 0 Å². The van der Waals surface area contributed by atoms with Crippen molar-refractivity contribution >= 4 is 26.8 Å². The Hall–Kier alpha value is -3.73. The fourth-order valence-corrected chi connectivity index (χ4v) is 5.45. The van der Waals surface area contributed by atoms with Gasteiger partial charge in [-0.1, -0.05) is 12.1 Å². The highest BCUT2D eigenvalue weighted by Crippen LogP contribution is 2.28. The lowest BCUT2D eigenvalue weighted by molar-refractivity contribution is -0.106. The predicted octanol–water partition coefficient (Wildman–Crippen LogP) is 5.73. The van der Waals surface area contributed by atoms with Gasteiger partial charge in [0.25, 0.3) is 10.1 Å². The molecule has 3 heterocycles. The van der Waals surface area contributed by atoms with Gasteiger partial charge in [-0.15, -0.1) is 0 Å². The number of nitrogens with zero attached hydrogens (tertiary/aromatic N) is 2. The minimum Gasteiger partial charge on any atom is -0.491 e. The first kappa shape index (κ1) is 27.8. The summed E-state index contributed by atoms with van der Waals surface area (Å²) in [6, 6.07) is 18.0. The van der Waals surface area contributed by atoms with Crippen molar-refractivity contribution in [1.29, 1.82) is 0 Å². The number of benzene rings is 2. The third kappa shape index (κ3) is 6.70. The standard InChI is InChI=1S/C30H33N3O6S/c1-20-7-11-25(17-28(20)38-30-6-4-5-15-36-30)40(34,35)39-21(2)19-37-24-10-13-26-22(16-24)8-12-27(33-26)23-9-14-29(31-3)32-18-23/h7-14,16-18,21,30H,4-6,15,19H2,1-3H3,(H,31,32). The summed E-state index contributed by atoms with van der Waals surface area (Å²) in [6.45, 7) is 4.21. The number of fused-ring (bicyclic) bond motifs is 1. The van der Waals surface area contributed by atoms with E-state index in [9.17, 15) is 8.42 Å². The summed E-state index contributed by atoms with van der Waals surface area (Å²) in [7, 11) is -2.21. The first-order valence-electron chi connectivity index (χ1n) is 13.3. The van der Waals surface area contributed by atoms with Crippen LogP contribution in [0.25, 0.3) is 22.2 Å². The molecule has 0 radical (unpaired) electrons. The number of pyridine rings is 2. The number of rotatable bonds is 10. The highest BCUT2D eigenvalue weighted by atomic mass is 32.2. The molecule has 0 aliphatic carbocycles. The average molecular weight is 564 g/mol. The maximum Gasteiger partial charge on any atom is 0.297 e. The van der Waals surface area contributed by atoms with Gasteiger partial charge in [0.2, 0.25) is 0 Å². The molecule has 5 rings (SSSR count). The Balaban J connectivity index is 1.21. The Morgan fingerprint density at radius 1 is 1.07 bits per heavy atom. The number of aromatic nitrogens is 2. The summed E-state index contributed by atoms with van der Waals surface area (Å²) >= 11 is 0. The molecule has 1 aliphatic heterocycles. The van der Waals surface area contributed by atoms with Gasteiger partial charge in [0.1, 0.15) is 30.0 Å². The highest BCUT2D eigenvalue weighted by molar-refractivity contribution is 7.86. The molecule has 2 unspecified atom stereocenters. The Kier molecular flexibility index (Phi) is 8.49. The summed E-state index contributed by atoms with van der Waals surface area (Å²) in [5, 5.41) is 3.90. The molecule has 210 valence electrons. The quantitative estimate of drug-likeness (QED) is 0.242. The molecule has 4 aromatic rings. The zero-order valence-electron chi connectivity index (χ0n) is 22.8. The van der Waals surface area contributed by atoms with Crippen LogP contribution in [-0.2, 0) is 19.0 Å². The molecule has 40 heavy (non-hydrogen) atoms. The van der Waals surface area contributed by atoms with Crippen LogP contribution in [-0.4, -0.2) is 51.0 Å². The van der Waals surface area contributed by atoms with Crippen molar-refractivity contribution in [3.8, 4) is 22.8 Å². The Bertz CT molecular complexity index is 1570. The van der Waals surface area contributed by atoms with Crippen LogP contribution in [0.5, 0.6) is 11.5 Å². The maximum absolute atomic E-state index is 13.0. The number of hydrogen-bond acceptors (Lipinski definition) is 9. The number of nitrogens with one attached hydrogen (secondary N) is 1. The third-order valence-electron chi connectivity index (χ3n) is 6.60. The van der Waals surface area contributed by atoms with E-state index in [1.165, 1.54) is 12.1 Å². The molecule has 0 bridgehead atoms. The second-order valence-electron chi connectivity index (χ2n) is 9.75. The zero-order chi connectivity index (χ0) is 28.1. The molecular weight excluding hydrogens is 530 g/mol. The third-order valence-corrected chi connectivity index (χ3v) is 8.01. The van der Waals surface area contributed by atoms with E-state index in [0.717, 1.165) is 52.8 Å². The van der Waals surface area contributed by atoms with Gasteiger partial charge < -0.3 is 19.5 Å². The van der Waals surface area contributed by atoms with Crippen LogP contribution in [0, 0.1) is 6.92 Å². The van der Waals surface area contributed by atoms with Crippen molar-refractivity contribution in [2.24, 2.45) is 0 Å². The van der Waals surface area contributed by atoms with Crippen LogP contribution in [0.3, 0.4) is 0 Å². The molecule has 10 heteroatoms. The number of hydrogen-bond donors (Lipinski definition) is 1. The minimum absolute atomic E-state index is 0.0270. The fraction of sp³-hybridized carbons (Fsp3) is 0.333. The van der Waals surface area contributed by atoms with Crippen molar-refractivity contribution in [3.05, 3.63) is 72.4 Å². The van der Waals surface area contributed by atoms with Gasteiger partial charge in [-0.3, -0.25) is 4.18 Å². The largest absolute Gasteiger partial charge is 0.491 e. The Morgan fingerprint density at radius 3 is 2.70 bits per heavy atom. The number of aryl methyl sites for hydroxylation is 1. The van der Waals surface area contributed by atoms with Crippen LogP contribution in [0.15, 0.2) is 71.8 Å². The van der Waals surface area contributed by atoms with E-state index in [4.69, 9.17) is 23.4 Å². The minimum atomic E-state index is -4.03. The van der Waals surface area contributed by atoms with Gasteiger partial charge in [-0.05, 0) is 74.7 Å². The molecule has 1 fully saturated rings. The topological polar surface area (TPSA) is 109 Å². The lowest BCUT2D eigenvalue weighted by Crippen LogP contribution is -2.25.